The maximum absolute atomic E-state index is 11.9. The maximum atomic E-state index is 11.9. The Morgan fingerprint density at radius 3 is 2.61 bits per heavy atom. The van der Waals surface area contributed by atoms with Gasteiger partial charge in [0.25, 0.3) is 0 Å². The summed E-state index contributed by atoms with van der Waals surface area (Å²) >= 11 is 2.25. The summed E-state index contributed by atoms with van der Waals surface area (Å²) in [4.78, 5) is 16.0. The van der Waals surface area contributed by atoms with Gasteiger partial charge >= 0.3 is 5.97 Å². The summed E-state index contributed by atoms with van der Waals surface area (Å²) in [5.41, 5.74) is -0.154. The van der Waals surface area contributed by atoms with Gasteiger partial charge in [0.05, 0.1) is 0 Å². The second-order valence-electron chi connectivity index (χ2n) is 5.06. The molecular weight excluding hydrogens is 341 g/mol. The minimum absolute atomic E-state index is 0.346. The fraction of sp³-hybridized carbons (Fsp3) is 0.286. The number of hydrogen-bond donors (Lipinski definition) is 0. The normalized spacial score (nSPS) is 11.6. The molecule has 2 rings (SSSR count). The predicted molar refractivity (Wildman–Crippen MR) is 79.6 cm³/mol. The monoisotopic (exact) mass is 355 g/mol. The van der Waals surface area contributed by atoms with Crippen LogP contribution < -0.4 is 0 Å². The van der Waals surface area contributed by atoms with Crippen molar-refractivity contribution in [2.45, 2.75) is 26.4 Å². The zero-order valence-electron chi connectivity index (χ0n) is 10.5. The molecule has 1 heterocycles. The summed E-state index contributed by atoms with van der Waals surface area (Å²) in [5.74, 6) is -0.386. The second kappa shape index (κ2) is 4.84. The van der Waals surface area contributed by atoms with E-state index < -0.39 is 5.60 Å². The second-order valence-corrected chi connectivity index (χ2v) is 6.31. The molecule has 18 heavy (non-hydrogen) atoms. The number of hydrogen-bond acceptors (Lipinski definition) is 3. The number of esters is 1. The number of nitrogens with zero attached hydrogens (tertiary/aromatic N) is 1. The standard InChI is InChI=1S/C14H14INO2/c1-14(2,3)18-13(17)12-7-9-4-5-11(15)6-10(9)8-16-12/h4-8H,1-3H3. The highest BCUT2D eigenvalue weighted by atomic mass is 127. The van der Waals surface area contributed by atoms with E-state index in [1.165, 1.54) is 0 Å². The highest BCUT2D eigenvalue weighted by molar-refractivity contribution is 14.1. The molecule has 0 radical (unpaired) electrons. The first-order valence-corrected chi connectivity index (χ1v) is 6.72. The lowest BCUT2D eigenvalue weighted by Crippen LogP contribution is -2.24. The van der Waals surface area contributed by atoms with E-state index in [1.54, 1.807) is 12.3 Å². The van der Waals surface area contributed by atoms with Gasteiger partial charge in [0, 0.05) is 15.2 Å². The molecule has 0 saturated heterocycles. The highest BCUT2D eigenvalue weighted by Crippen LogP contribution is 2.19. The van der Waals surface area contributed by atoms with Crippen molar-refractivity contribution in [2.75, 3.05) is 0 Å². The van der Waals surface area contributed by atoms with E-state index in [0.29, 0.717) is 5.69 Å². The first kappa shape index (κ1) is 13.3. The molecule has 0 aliphatic carbocycles. The molecule has 0 atom stereocenters. The number of ether oxygens (including phenoxy) is 1. The van der Waals surface area contributed by atoms with Crippen LogP contribution in [0, 0.1) is 3.57 Å². The molecule has 4 heteroatoms. The van der Waals surface area contributed by atoms with Gasteiger partial charge in [0.15, 0.2) is 0 Å². The van der Waals surface area contributed by atoms with Gasteiger partial charge < -0.3 is 4.74 Å². The Morgan fingerprint density at radius 1 is 1.22 bits per heavy atom. The Balaban J connectivity index is 2.36. The number of carbonyl (C=O) groups is 1. The van der Waals surface area contributed by atoms with Crippen molar-refractivity contribution in [2.24, 2.45) is 0 Å². The summed E-state index contributed by atoms with van der Waals surface area (Å²) < 4.78 is 6.44. The zero-order chi connectivity index (χ0) is 13.3. The van der Waals surface area contributed by atoms with E-state index in [2.05, 4.69) is 27.6 Å². The van der Waals surface area contributed by atoms with Crippen LogP contribution in [-0.4, -0.2) is 16.6 Å². The maximum Gasteiger partial charge on any atom is 0.357 e. The lowest BCUT2D eigenvalue weighted by molar-refractivity contribution is 0.00631. The Bertz CT molecular complexity index is 602. The van der Waals surface area contributed by atoms with E-state index in [-0.39, 0.29) is 5.97 Å². The number of aromatic nitrogens is 1. The summed E-state index contributed by atoms with van der Waals surface area (Å²) in [6, 6.07) is 7.77. The summed E-state index contributed by atoms with van der Waals surface area (Å²) in [5, 5.41) is 2.01. The number of rotatable bonds is 1. The molecule has 94 valence electrons. The van der Waals surface area contributed by atoms with Gasteiger partial charge in [0.2, 0.25) is 0 Å². The van der Waals surface area contributed by atoms with Crippen molar-refractivity contribution in [3.8, 4) is 0 Å². The van der Waals surface area contributed by atoms with Gasteiger partial charge in [-0.1, -0.05) is 6.07 Å². The molecule has 0 aliphatic rings. The van der Waals surface area contributed by atoms with Crippen molar-refractivity contribution >= 4 is 39.3 Å². The van der Waals surface area contributed by atoms with Gasteiger partial charge in [-0.3, -0.25) is 0 Å². The molecule has 0 fully saturated rings. The van der Waals surface area contributed by atoms with Gasteiger partial charge in [-0.2, -0.15) is 0 Å². The van der Waals surface area contributed by atoms with E-state index in [1.807, 2.05) is 39.0 Å². The Hall–Kier alpha value is -1.17. The van der Waals surface area contributed by atoms with Crippen molar-refractivity contribution < 1.29 is 9.53 Å². The minimum atomic E-state index is -0.500. The molecule has 1 aromatic carbocycles. The fourth-order valence-electron chi connectivity index (χ4n) is 1.55. The van der Waals surface area contributed by atoms with Crippen molar-refractivity contribution in [3.63, 3.8) is 0 Å². The third-order valence-corrected chi connectivity index (χ3v) is 2.96. The average molecular weight is 355 g/mol. The first-order chi connectivity index (χ1) is 8.35. The quantitative estimate of drug-likeness (QED) is 0.577. The van der Waals surface area contributed by atoms with Crippen molar-refractivity contribution in [1.82, 2.24) is 4.98 Å². The van der Waals surface area contributed by atoms with Crippen LogP contribution in [0.5, 0.6) is 0 Å². The van der Waals surface area contributed by atoms with E-state index in [0.717, 1.165) is 14.3 Å². The number of halogens is 1. The Labute approximate surface area is 120 Å². The van der Waals surface area contributed by atoms with Crippen LogP contribution in [0.25, 0.3) is 10.8 Å². The van der Waals surface area contributed by atoms with E-state index >= 15 is 0 Å². The summed E-state index contributed by atoms with van der Waals surface area (Å²) in [7, 11) is 0. The van der Waals surface area contributed by atoms with Gasteiger partial charge in [-0.25, -0.2) is 9.78 Å². The van der Waals surface area contributed by atoms with Crippen molar-refractivity contribution in [3.05, 3.63) is 39.7 Å². The molecule has 0 aliphatic heterocycles. The summed E-state index contributed by atoms with van der Waals surface area (Å²) in [6.07, 6.45) is 1.71. The van der Waals surface area contributed by atoms with Crippen LogP contribution >= 0.6 is 22.6 Å². The van der Waals surface area contributed by atoms with Gasteiger partial charge in [-0.05, 0) is 66.9 Å². The lowest BCUT2D eigenvalue weighted by Gasteiger charge is -2.19. The topological polar surface area (TPSA) is 39.2 Å². The van der Waals surface area contributed by atoms with Crippen LogP contribution in [0.3, 0.4) is 0 Å². The Kier molecular flexibility index (Phi) is 3.56. The van der Waals surface area contributed by atoms with Crippen LogP contribution in [0.1, 0.15) is 31.3 Å². The molecule has 1 aromatic heterocycles. The molecular formula is C14H14INO2. The van der Waals surface area contributed by atoms with Gasteiger partial charge in [0.1, 0.15) is 11.3 Å². The van der Waals surface area contributed by atoms with Crippen LogP contribution in [0.15, 0.2) is 30.5 Å². The first-order valence-electron chi connectivity index (χ1n) is 5.64. The average Bonchev–Trinajstić information content (AvgIpc) is 2.26. The SMILES string of the molecule is CC(C)(C)OC(=O)c1cc2ccc(I)cc2cn1. The molecule has 0 amide bonds. The molecule has 3 nitrogen and oxygen atoms in total. The zero-order valence-corrected chi connectivity index (χ0v) is 12.7. The summed E-state index contributed by atoms with van der Waals surface area (Å²) in [6.45, 7) is 5.52. The molecule has 0 unspecified atom stereocenters. The lowest BCUT2D eigenvalue weighted by atomic mass is 10.1. The minimum Gasteiger partial charge on any atom is -0.455 e. The molecule has 0 N–H and O–H groups in total. The molecule has 0 bridgehead atoms. The Morgan fingerprint density at radius 2 is 1.94 bits per heavy atom. The third-order valence-electron chi connectivity index (χ3n) is 2.29. The third kappa shape index (κ3) is 3.19. The predicted octanol–water partition coefficient (Wildman–Crippen LogP) is 3.79. The smallest absolute Gasteiger partial charge is 0.357 e. The van der Waals surface area contributed by atoms with E-state index in [4.69, 9.17) is 4.74 Å². The van der Waals surface area contributed by atoms with Crippen molar-refractivity contribution in [1.29, 1.82) is 0 Å². The highest BCUT2D eigenvalue weighted by Gasteiger charge is 2.18. The number of benzene rings is 1. The van der Waals surface area contributed by atoms with Crippen LogP contribution in [0.2, 0.25) is 0 Å². The van der Waals surface area contributed by atoms with Crippen LogP contribution in [-0.2, 0) is 4.74 Å². The fourth-order valence-corrected chi connectivity index (χ4v) is 2.07. The number of carbonyl (C=O) groups excluding carboxylic acids is 1. The molecule has 0 spiro atoms. The number of pyridine rings is 1. The van der Waals surface area contributed by atoms with Gasteiger partial charge in [-0.15, -0.1) is 0 Å². The number of fused-ring (bicyclic) bond motifs is 1. The molecule has 0 saturated carbocycles. The largest absolute Gasteiger partial charge is 0.455 e. The van der Waals surface area contributed by atoms with Crippen LogP contribution in [0.4, 0.5) is 0 Å². The molecule has 2 aromatic rings. The van der Waals surface area contributed by atoms with E-state index in [9.17, 15) is 4.79 Å².